The number of hydrogen-bond donors (Lipinski definition) is 1. The first-order valence-electron chi connectivity index (χ1n) is 4.17. The molecule has 2 rings (SSSR count). The van der Waals surface area contributed by atoms with Crippen LogP contribution >= 0.6 is 43.2 Å². The zero-order valence-corrected chi connectivity index (χ0v) is 11.6. The third-order valence-corrected chi connectivity index (χ3v) is 3.50. The Bertz CT molecular complexity index is 441. The SMILES string of the molecule is BrCc1csc(Nc2ccc(Br)cn2)n1. The van der Waals surface area contributed by atoms with Crippen molar-refractivity contribution < 1.29 is 0 Å². The summed E-state index contributed by atoms with van der Waals surface area (Å²) in [6.45, 7) is 0. The molecular weight excluding hydrogens is 342 g/mol. The van der Waals surface area contributed by atoms with Crippen molar-refractivity contribution >= 4 is 54.1 Å². The van der Waals surface area contributed by atoms with E-state index in [1.807, 2.05) is 17.5 Å². The molecule has 0 aromatic carbocycles. The Morgan fingerprint density at radius 3 is 2.87 bits per heavy atom. The van der Waals surface area contributed by atoms with Gasteiger partial charge in [-0.2, -0.15) is 0 Å². The second-order valence-electron chi connectivity index (χ2n) is 2.76. The zero-order valence-electron chi connectivity index (χ0n) is 7.58. The lowest BCUT2D eigenvalue weighted by atomic mass is 10.5. The van der Waals surface area contributed by atoms with E-state index >= 15 is 0 Å². The Morgan fingerprint density at radius 1 is 1.40 bits per heavy atom. The average Bonchev–Trinajstić information content (AvgIpc) is 2.69. The van der Waals surface area contributed by atoms with Crippen molar-refractivity contribution in [3.8, 4) is 0 Å². The lowest BCUT2D eigenvalue weighted by Gasteiger charge is -2.00. The molecular formula is C9H7Br2N3S. The van der Waals surface area contributed by atoms with Gasteiger partial charge in [0, 0.05) is 21.4 Å². The molecule has 0 aliphatic rings. The molecule has 0 spiro atoms. The first-order chi connectivity index (χ1) is 7.28. The fraction of sp³-hybridized carbons (Fsp3) is 0.111. The van der Waals surface area contributed by atoms with Crippen LogP contribution < -0.4 is 5.32 Å². The first kappa shape index (κ1) is 11.0. The van der Waals surface area contributed by atoms with E-state index in [0.717, 1.165) is 26.4 Å². The summed E-state index contributed by atoms with van der Waals surface area (Å²) in [7, 11) is 0. The predicted molar refractivity (Wildman–Crippen MR) is 70.0 cm³/mol. The number of aromatic nitrogens is 2. The van der Waals surface area contributed by atoms with Crippen LogP contribution in [0.25, 0.3) is 0 Å². The lowest BCUT2D eigenvalue weighted by Crippen LogP contribution is -1.92. The van der Waals surface area contributed by atoms with E-state index in [9.17, 15) is 0 Å². The number of anilines is 2. The monoisotopic (exact) mass is 347 g/mol. The van der Waals surface area contributed by atoms with Crippen LogP contribution in [0.1, 0.15) is 5.69 Å². The maximum atomic E-state index is 4.36. The van der Waals surface area contributed by atoms with Gasteiger partial charge >= 0.3 is 0 Å². The Hall–Kier alpha value is -0.460. The molecule has 0 unspecified atom stereocenters. The minimum absolute atomic E-state index is 0.777. The molecule has 2 heterocycles. The molecule has 0 aliphatic heterocycles. The van der Waals surface area contributed by atoms with Gasteiger partial charge in [-0.15, -0.1) is 11.3 Å². The third-order valence-electron chi connectivity index (χ3n) is 1.65. The summed E-state index contributed by atoms with van der Waals surface area (Å²) >= 11 is 8.27. The number of nitrogens with one attached hydrogen (secondary N) is 1. The molecule has 0 fully saturated rings. The number of nitrogens with zero attached hydrogens (tertiary/aromatic N) is 2. The van der Waals surface area contributed by atoms with Crippen LogP contribution in [-0.2, 0) is 5.33 Å². The van der Waals surface area contributed by atoms with Gasteiger partial charge in [0.1, 0.15) is 5.82 Å². The normalized spacial score (nSPS) is 10.3. The van der Waals surface area contributed by atoms with Gasteiger partial charge in [0.25, 0.3) is 0 Å². The van der Waals surface area contributed by atoms with Crippen LogP contribution in [0.4, 0.5) is 10.9 Å². The maximum Gasteiger partial charge on any atom is 0.188 e. The van der Waals surface area contributed by atoms with Gasteiger partial charge in [-0.1, -0.05) is 15.9 Å². The third kappa shape index (κ3) is 2.99. The van der Waals surface area contributed by atoms with Crippen molar-refractivity contribution in [2.75, 3.05) is 5.32 Å². The van der Waals surface area contributed by atoms with Gasteiger partial charge in [-0.05, 0) is 28.1 Å². The highest BCUT2D eigenvalue weighted by molar-refractivity contribution is 9.10. The molecule has 1 N–H and O–H groups in total. The predicted octanol–water partition coefficient (Wildman–Crippen LogP) is 3.94. The van der Waals surface area contributed by atoms with E-state index in [2.05, 4.69) is 47.1 Å². The van der Waals surface area contributed by atoms with Crippen LogP contribution in [0, 0.1) is 0 Å². The fourth-order valence-electron chi connectivity index (χ4n) is 0.985. The summed E-state index contributed by atoms with van der Waals surface area (Å²) in [5.74, 6) is 0.800. The minimum atomic E-state index is 0.777. The van der Waals surface area contributed by atoms with Crippen molar-refractivity contribution in [2.45, 2.75) is 5.33 Å². The highest BCUT2D eigenvalue weighted by atomic mass is 79.9. The summed E-state index contributed by atoms with van der Waals surface area (Å²) in [4.78, 5) is 8.56. The van der Waals surface area contributed by atoms with E-state index in [1.165, 1.54) is 0 Å². The smallest absolute Gasteiger partial charge is 0.188 e. The Labute approximate surface area is 108 Å². The fourth-order valence-corrected chi connectivity index (χ4v) is 2.44. The van der Waals surface area contributed by atoms with Crippen LogP contribution in [-0.4, -0.2) is 9.97 Å². The molecule has 6 heteroatoms. The van der Waals surface area contributed by atoms with Crippen molar-refractivity contribution in [2.24, 2.45) is 0 Å². The van der Waals surface area contributed by atoms with Crippen molar-refractivity contribution in [3.63, 3.8) is 0 Å². The van der Waals surface area contributed by atoms with Gasteiger partial charge < -0.3 is 5.32 Å². The van der Waals surface area contributed by atoms with Gasteiger partial charge in [0.15, 0.2) is 5.13 Å². The quantitative estimate of drug-likeness (QED) is 0.854. The van der Waals surface area contributed by atoms with Crippen molar-refractivity contribution in [1.29, 1.82) is 0 Å². The number of alkyl halides is 1. The molecule has 0 amide bonds. The highest BCUT2D eigenvalue weighted by Crippen LogP contribution is 2.21. The molecule has 2 aromatic heterocycles. The summed E-state index contributed by atoms with van der Waals surface area (Å²) in [6.07, 6.45) is 1.75. The summed E-state index contributed by atoms with van der Waals surface area (Å²) in [5, 5.41) is 6.79. The highest BCUT2D eigenvalue weighted by Gasteiger charge is 2.01. The van der Waals surface area contributed by atoms with E-state index in [-0.39, 0.29) is 0 Å². The van der Waals surface area contributed by atoms with Crippen LogP contribution in [0.15, 0.2) is 28.2 Å². The largest absolute Gasteiger partial charge is 0.316 e. The first-order valence-corrected chi connectivity index (χ1v) is 6.96. The van der Waals surface area contributed by atoms with Gasteiger partial charge in [-0.25, -0.2) is 9.97 Å². The number of hydrogen-bond acceptors (Lipinski definition) is 4. The maximum absolute atomic E-state index is 4.36. The van der Waals surface area contributed by atoms with E-state index in [4.69, 9.17) is 0 Å². The van der Waals surface area contributed by atoms with Crippen LogP contribution in [0.2, 0.25) is 0 Å². The number of halogens is 2. The Morgan fingerprint density at radius 2 is 2.27 bits per heavy atom. The summed E-state index contributed by atoms with van der Waals surface area (Å²) in [5.41, 5.74) is 1.03. The van der Waals surface area contributed by atoms with Crippen molar-refractivity contribution in [1.82, 2.24) is 9.97 Å². The molecule has 2 aromatic rings. The zero-order chi connectivity index (χ0) is 10.7. The second kappa shape index (κ2) is 5.05. The molecule has 0 atom stereocenters. The van der Waals surface area contributed by atoms with Crippen LogP contribution in [0.3, 0.4) is 0 Å². The molecule has 78 valence electrons. The van der Waals surface area contributed by atoms with E-state index in [0.29, 0.717) is 0 Å². The average molecular weight is 349 g/mol. The number of rotatable bonds is 3. The lowest BCUT2D eigenvalue weighted by molar-refractivity contribution is 1.22. The molecule has 15 heavy (non-hydrogen) atoms. The van der Waals surface area contributed by atoms with Crippen LogP contribution in [0.5, 0.6) is 0 Å². The second-order valence-corrected chi connectivity index (χ2v) is 5.10. The van der Waals surface area contributed by atoms with Gasteiger partial charge in [0.05, 0.1) is 5.69 Å². The molecule has 0 aliphatic carbocycles. The van der Waals surface area contributed by atoms with E-state index in [1.54, 1.807) is 17.5 Å². The van der Waals surface area contributed by atoms with Gasteiger partial charge in [-0.3, -0.25) is 0 Å². The number of thiazole rings is 1. The molecule has 0 saturated heterocycles. The summed E-state index contributed by atoms with van der Waals surface area (Å²) < 4.78 is 0.966. The molecule has 0 radical (unpaired) electrons. The summed E-state index contributed by atoms with van der Waals surface area (Å²) in [6, 6.07) is 3.84. The van der Waals surface area contributed by atoms with Gasteiger partial charge in [0.2, 0.25) is 0 Å². The molecule has 0 saturated carbocycles. The Balaban J connectivity index is 2.11. The standard InChI is InChI=1S/C9H7Br2N3S/c10-3-7-5-15-9(13-7)14-8-2-1-6(11)4-12-8/h1-2,4-5H,3H2,(H,12,13,14). The molecule has 0 bridgehead atoms. The van der Waals surface area contributed by atoms with Crippen molar-refractivity contribution in [3.05, 3.63) is 33.9 Å². The van der Waals surface area contributed by atoms with E-state index < -0.39 is 0 Å². The minimum Gasteiger partial charge on any atom is -0.316 e. The molecule has 3 nitrogen and oxygen atoms in total. The topological polar surface area (TPSA) is 37.8 Å². The number of pyridine rings is 1. The Kier molecular flexibility index (Phi) is 3.71.